The molecular weight excluding hydrogens is 296 g/mol. The van der Waals surface area contributed by atoms with E-state index < -0.39 is 10.9 Å². The van der Waals surface area contributed by atoms with Gasteiger partial charge in [0.2, 0.25) is 0 Å². The first-order valence-corrected chi connectivity index (χ1v) is 7.49. The van der Waals surface area contributed by atoms with E-state index in [1.54, 1.807) is 0 Å². The van der Waals surface area contributed by atoms with Crippen molar-refractivity contribution < 1.29 is 19.6 Å². The molecule has 0 saturated carbocycles. The molecule has 2 N–H and O–H groups in total. The van der Waals surface area contributed by atoms with Gasteiger partial charge in [-0.2, -0.15) is 0 Å². The minimum Gasteiger partial charge on any atom is -0.481 e. The SMILES string of the molecule is CCC(CCNC(=O)c1ccc([N+](=O)[O-])s1)CCC(=O)O. The standard InChI is InChI=1S/C13H18N2O5S/c1-2-9(3-6-12(16)17)7-8-14-13(18)10-4-5-11(21-10)15(19)20/h4-5,9H,2-3,6-8H2,1H3,(H,14,18)(H,16,17). The molecule has 1 amide bonds. The smallest absolute Gasteiger partial charge is 0.324 e. The molecule has 116 valence electrons. The molecule has 8 heteroatoms. The van der Waals surface area contributed by atoms with Crippen LogP contribution in [0.25, 0.3) is 0 Å². The molecule has 0 bridgehead atoms. The number of carbonyl (C=O) groups excluding carboxylic acids is 1. The van der Waals surface area contributed by atoms with E-state index in [2.05, 4.69) is 5.32 Å². The third-order valence-corrected chi connectivity index (χ3v) is 4.21. The van der Waals surface area contributed by atoms with E-state index >= 15 is 0 Å². The van der Waals surface area contributed by atoms with Gasteiger partial charge in [0.1, 0.15) is 0 Å². The van der Waals surface area contributed by atoms with Crippen LogP contribution in [0.3, 0.4) is 0 Å². The van der Waals surface area contributed by atoms with E-state index in [1.807, 2.05) is 6.92 Å². The first-order valence-electron chi connectivity index (χ1n) is 6.68. The zero-order valence-electron chi connectivity index (χ0n) is 11.7. The molecule has 0 saturated heterocycles. The molecule has 1 unspecified atom stereocenters. The van der Waals surface area contributed by atoms with Crippen LogP contribution in [-0.4, -0.2) is 28.5 Å². The molecular formula is C13H18N2O5S. The highest BCUT2D eigenvalue weighted by atomic mass is 32.1. The summed E-state index contributed by atoms with van der Waals surface area (Å²) < 4.78 is 0. The lowest BCUT2D eigenvalue weighted by molar-refractivity contribution is -0.380. The normalized spacial score (nSPS) is 11.9. The zero-order chi connectivity index (χ0) is 15.8. The number of amides is 1. The number of nitrogens with zero attached hydrogens (tertiary/aromatic N) is 1. The Morgan fingerprint density at radius 1 is 1.43 bits per heavy atom. The first kappa shape index (κ1) is 17.1. The fraction of sp³-hybridized carbons (Fsp3) is 0.538. The maximum Gasteiger partial charge on any atom is 0.324 e. The Hall–Kier alpha value is -1.96. The topological polar surface area (TPSA) is 110 Å². The van der Waals surface area contributed by atoms with Crippen LogP contribution in [-0.2, 0) is 4.79 Å². The third kappa shape index (κ3) is 5.90. The van der Waals surface area contributed by atoms with Crippen molar-refractivity contribution in [2.24, 2.45) is 5.92 Å². The molecule has 0 fully saturated rings. The van der Waals surface area contributed by atoms with Crippen molar-refractivity contribution in [3.63, 3.8) is 0 Å². The molecule has 0 aromatic carbocycles. The van der Waals surface area contributed by atoms with Crippen molar-refractivity contribution in [2.45, 2.75) is 32.6 Å². The zero-order valence-corrected chi connectivity index (χ0v) is 12.5. The number of carbonyl (C=O) groups is 2. The quantitative estimate of drug-likeness (QED) is 0.538. The van der Waals surface area contributed by atoms with Crippen molar-refractivity contribution in [3.8, 4) is 0 Å². The third-order valence-electron chi connectivity index (χ3n) is 3.18. The second-order valence-electron chi connectivity index (χ2n) is 4.65. The van der Waals surface area contributed by atoms with Gasteiger partial charge in [0.25, 0.3) is 5.91 Å². The molecule has 7 nitrogen and oxygen atoms in total. The first-order chi connectivity index (χ1) is 9.93. The largest absolute Gasteiger partial charge is 0.481 e. The van der Waals surface area contributed by atoms with Gasteiger partial charge in [-0.1, -0.05) is 24.7 Å². The maximum atomic E-state index is 11.8. The summed E-state index contributed by atoms with van der Waals surface area (Å²) in [4.78, 5) is 32.6. The monoisotopic (exact) mass is 314 g/mol. The van der Waals surface area contributed by atoms with Crippen LogP contribution in [0.1, 0.15) is 42.3 Å². The number of carboxylic acids is 1. The number of carboxylic acid groups (broad SMARTS) is 1. The second-order valence-corrected chi connectivity index (χ2v) is 5.71. The molecule has 1 rings (SSSR count). The van der Waals surface area contributed by atoms with Gasteiger partial charge in [-0.3, -0.25) is 19.7 Å². The molecule has 0 aliphatic heterocycles. The summed E-state index contributed by atoms with van der Waals surface area (Å²) in [6, 6.07) is 2.74. The Bertz CT molecular complexity index is 514. The lowest BCUT2D eigenvalue weighted by Crippen LogP contribution is -2.25. The van der Waals surface area contributed by atoms with E-state index in [1.165, 1.54) is 12.1 Å². The van der Waals surface area contributed by atoms with Crippen LogP contribution in [0.15, 0.2) is 12.1 Å². The van der Waals surface area contributed by atoms with Gasteiger partial charge in [-0.15, -0.1) is 0 Å². The number of thiophene rings is 1. The summed E-state index contributed by atoms with van der Waals surface area (Å²) in [6.45, 7) is 2.42. The van der Waals surface area contributed by atoms with E-state index in [9.17, 15) is 19.7 Å². The molecule has 0 spiro atoms. The Morgan fingerprint density at radius 3 is 2.67 bits per heavy atom. The number of hydrogen-bond acceptors (Lipinski definition) is 5. The van der Waals surface area contributed by atoms with Crippen molar-refractivity contribution >= 4 is 28.2 Å². The number of aliphatic carboxylic acids is 1. The number of hydrogen-bond donors (Lipinski definition) is 2. The minimum atomic E-state index is -0.816. The highest BCUT2D eigenvalue weighted by Crippen LogP contribution is 2.23. The van der Waals surface area contributed by atoms with Crippen molar-refractivity contribution in [2.75, 3.05) is 6.54 Å². The second kappa shape index (κ2) is 8.35. The van der Waals surface area contributed by atoms with Crippen LogP contribution in [0.4, 0.5) is 5.00 Å². The van der Waals surface area contributed by atoms with Crippen LogP contribution in [0.2, 0.25) is 0 Å². The Kier molecular flexibility index (Phi) is 6.80. The predicted octanol–water partition coefficient (Wildman–Crippen LogP) is 2.67. The summed E-state index contributed by atoms with van der Waals surface area (Å²) in [5.41, 5.74) is 0. The van der Waals surface area contributed by atoms with Gasteiger partial charge in [-0.05, 0) is 24.8 Å². The highest BCUT2D eigenvalue weighted by Gasteiger charge is 2.15. The van der Waals surface area contributed by atoms with Gasteiger partial charge in [-0.25, -0.2) is 0 Å². The predicted molar refractivity (Wildman–Crippen MR) is 78.6 cm³/mol. The maximum absolute atomic E-state index is 11.8. The highest BCUT2D eigenvalue weighted by molar-refractivity contribution is 7.17. The Balaban J connectivity index is 2.37. The van der Waals surface area contributed by atoms with E-state index in [-0.39, 0.29) is 23.2 Å². The van der Waals surface area contributed by atoms with Gasteiger partial charge in [0, 0.05) is 19.0 Å². The summed E-state index contributed by atoms with van der Waals surface area (Å²) in [7, 11) is 0. The molecule has 1 aromatic rings. The van der Waals surface area contributed by atoms with Gasteiger partial charge in [0.15, 0.2) is 0 Å². The van der Waals surface area contributed by atoms with E-state index in [0.717, 1.165) is 17.8 Å². The lowest BCUT2D eigenvalue weighted by atomic mass is 9.97. The summed E-state index contributed by atoms with van der Waals surface area (Å²) in [5.74, 6) is -0.899. The van der Waals surface area contributed by atoms with Gasteiger partial charge < -0.3 is 10.4 Å². The molecule has 0 aliphatic carbocycles. The van der Waals surface area contributed by atoms with E-state index in [0.29, 0.717) is 24.3 Å². The van der Waals surface area contributed by atoms with Crippen LogP contribution in [0.5, 0.6) is 0 Å². The molecule has 1 heterocycles. The lowest BCUT2D eigenvalue weighted by Gasteiger charge is -2.13. The average Bonchev–Trinajstić information content (AvgIpc) is 2.92. The molecule has 1 aromatic heterocycles. The fourth-order valence-electron chi connectivity index (χ4n) is 1.90. The minimum absolute atomic E-state index is 0.0620. The molecule has 0 radical (unpaired) electrons. The van der Waals surface area contributed by atoms with Crippen LogP contribution >= 0.6 is 11.3 Å². The van der Waals surface area contributed by atoms with Crippen LogP contribution in [0, 0.1) is 16.0 Å². The number of nitro groups is 1. The summed E-state index contributed by atoms with van der Waals surface area (Å²) in [5, 5.41) is 21.8. The summed E-state index contributed by atoms with van der Waals surface area (Å²) >= 11 is 0.839. The Labute approximate surface area is 126 Å². The van der Waals surface area contributed by atoms with Crippen molar-refractivity contribution in [1.82, 2.24) is 5.32 Å². The molecule has 1 atom stereocenters. The van der Waals surface area contributed by atoms with E-state index in [4.69, 9.17) is 5.11 Å². The van der Waals surface area contributed by atoms with Crippen LogP contribution < -0.4 is 5.32 Å². The summed E-state index contributed by atoms with van der Waals surface area (Å²) in [6.07, 6.45) is 2.27. The average molecular weight is 314 g/mol. The number of nitrogens with one attached hydrogen (secondary N) is 1. The fourth-order valence-corrected chi connectivity index (χ4v) is 2.64. The van der Waals surface area contributed by atoms with Crippen molar-refractivity contribution in [1.29, 1.82) is 0 Å². The molecule has 21 heavy (non-hydrogen) atoms. The number of rotatable bonds is 9. The Morgan fingerprint density at radius 2 is 2.14 bits per heavy atom. The van der Waals surface area contributed by atoms with Gasteiger partial charge >= 0.3 is 11.0 Å². The van der Waals surface area contributed by atoms with Crippen molar-refractivity contribution in [3.05, 3.63) is 27.1 Å². The molecule has 0 aliphatic rings. The van der Waals surface area contributed by atoms with Gasteiger partial charge in [0.05, 0.1) is 9.80 Å².